The fourth-order valence-electron chi connectivity index (χ4n) is 3.99. The molecule has 0 spiro atoms. The van der Waals surface area contributed by atoms with E-state index in [4.69, 9.17) is 14.6 Å². The zero-order valence-electron chi connectivity index (χ0n) is 15.2. The standard InChI is InChI=1S/C20H34O4/c1-3-4-5-6-16-7-12-19(23-14-16)17-8-10-18(11-9-17)24-20(22)15(2)13-21/h16-19,21H,2-14H2,1H3. The molecule has 0 bridgehead atoms. The van der Waals surface area contributed by atoms with Gasteiger partial charge in [-0.2, -0.15) is 0 Å². The summed E-state index contributed by atoms with van der Waals surface area (Å²) >= 11 is 0. The first-order valence-electron chi connectivity index (χ1n) is 9.75. The molecule has 1 heterocycles. The lowest BCUT2D eigenvalue weighted by molar-refractivity contribution is -0.147. The Balaban J connectivity index is 1.64. The summed E-state index contributed by atoms with van der Waals surface area (Å²) in [5.74, 6) is 0.914. The number of hydrogen-bond donors (Lipinski definition) is 1. The van der Waals surface area contributed by atoms with E-state index in [0.29, 0.717) is 12.0 Å². The molecule has 0 radical (unpaired) electrons. The predicted octanol–water partition coefficient (Wildman–Crippen LogP) is 4.01. The van der Waals surface area contributed by atoms with Gasteiger partial charge in [0.05, 0.1) is 18.3 Å². The molecule has 0 aromatic carbocycles. The van der Waals surface area contributed by atoms with Gasteiger partial charge in [-0.05, 0) is 56.8 Å². The summed E-state index contributed by atoms with van der Waals surface area (Å²) in [7, 11) is 0. The minimum absolute atomic E-state index is 0.0255. The summed E-state index contributed by atoms with van der Waals surface area (Å²) in [5.41, 5.74) is 0.141. The Labute approximate surface area is 146 Å². The number of unbranched alkanes of at least 4 members (excludes halogenated alkanes) is 2. The van der Waals surface area contributed by atoms with Crippen LogP contribution in [0.2, 0.25) is 0 Å². The molecule has 4 heteroatoms. The van der Waals surface area contributed by atoms with Crippen molar-refractivity contribution in [2.45, 2.75) is 83.3 Å². The number of esters is 1. The van der Waals surface area contributed by atoms with E-state index in [0.717, 1.165) is 38.2 Å². The van der Waals surface area contributed by atoms with Crippen molar-refractivity contribution in [1.29, 1.82) is 0 Å². The lowest BCUT2D eigenvalue weighted by Crippen LogP contribution is -2.36. The van der Waals surface area contributed by atoms with Crippen LogP contribution in [0.5, 0.6) is 0 Å². The number of ether oxygens (including phenoxy) is 2. The van der Waals surface area contributed by atoms with Crippen molar-refractivity contribution in [3.63, 3.8) is 0 Å². The van der Waals surface area contributed by atoms with Crippen LogP contribution in [0.4, 0.5) is 0 Å². The number of carbonyl (C=O) groups is 1. The highest BCUT2D eigenvalue weighted by molar-refractivity contribution is 5.88. The highest BCUT2D eigenvalue weighted by Crippen LogP contribution is 2.35. The van der Waals surface area contributed by atoms with Crippen molar-refractivity contribution >= 4 is 5.97 Å². The summed E-state index contributed by atoms with van der Waals surface area (Å²) in [6, 6.07) is 0. The van der Waals surface area contributed by atoms with E-state index in [1.165, 1.54) is 38.5 Å². The van der Waals surface area contributed by atoms with Gasteiger partial charge >= 0.3 is 5.97 Å². The van der Waals surface area contributed by atoms with Crippen LogP contribution < -0.4 is 0 Å². The SMILES string of the molecule is C=C(CO)C(=O)OC1CCC(C2CCC(CCCCC)CO2)CC1. The molecule has 2 rings (SSSR count). The largest absolute Gasteiger partial charge is 0.459 e. The van der Waals surface area contributed by atoms with Gasteiger partial charge in [-0.1, -0.05) is 32.8 Å². The first-order chi connectivity index (χ1) is 11.6. The molecule has 4 nitrogen and oxygen atoms in total. The molecule has 2 fully saturated rings. The molecule has 1 saturated carbocycles. The molecule has 2 aliphatic rings. The Bertz CT molecular complexity index is 390. The Hall–Kier alpha value is -0.870. The molecule has 1 N–H and O–H groups in total. The van der Waals surface area contributed by atoms with Crippen molar-refractivity contribution in [2.75, 3.05) is 13.2 Å². The fourth-order valence-corrected chi connectivity index (χ4v) is 3.99. The second-order valence-electron chi connectivity index (χ2n) is 7.51. The first-order valence-corrected chi connectivity index (χ1v) is 9.75. The number of carbonyl (C=O) groups excluding carboxylic acids is 1. The Morgan fingerprint density at radius 2 is 1.92 bits per heavy atom. The molecule has 1 saturated heterocycles. The lowest BCUT2D eigenvalue weighted by Gasteiger charge is -2.37. The normalized spacial score (nSPS) is 30.8. The number of hydrogen-bond acceptors (Lipinski definition) is 4. The van der Waals surface area contributed by atoms with Crippen LogP contribution in [0.15, 0.2) is 12.2 Å². The molecule has 24 heavy (non-hydrogen) atoms. The smallest absolute Gasteiger partial charge is 0.336 e. The summed E-state index contributed by atoms with van der Waals surface area (Å²) < 4.78 is 11.6. The molecule has 0 aromatic rings. The lowest BCUT2D eigenvalue weighted by atomic mass is 9.80. The van der Waals surface area contributed by atoms with Crippen molar-refractivity contribution in [3.8, 4) is 0 Å². The number of aliphatic hydroxyl groups excluding tert-OH is 1. The Morgan fingerprint density at radius 3 is 2.50 bits per heavy atom. The van der Waals surface area contributed by atoms with Crippen molar-refractivity contribution < 1.29 is 19.4 Å². The maximum atomic E-state index is 11.7. The highest BCUT2D eigenvalue weighted by atomic mass is 16.5. The average molecular weight is 338 g/mol. The topological polar surface area (TPSA) is 55.8 Å². The maximum absolute atomic E-state index is 11.7. The van der Waals surface area contributed by atoms with E-state index in [1.54, 1.807) is 0 Å². The molecule has 2 atom stereocenters. The van der Waals surface area contributed by atoms with Crippen LogP contribution in [0.3, 0.4) is 0 Å². The maximum Gasteiger partial charge on any atom is 0.336 e. The molecular weight excluding hydrogens is 304 g/mol. The van der Waals surface area contributed by atoms with Crippen LogP contribution >= 0.6 is 0 Å². The van der Waals surface area contributed by atoms with Gasteiger partial charge in [-0.15, -0.1) is 0 Å². The molecular formula is C20H34O4. The van der Waals surface area contributed by atoms with E-state index in [2.05, 4.69) is 13.5 Å². The van der Waals surface area contributed by atoms with Gasteiger partial charge in [-0.3, -0.25) is 0 Å². The van der Waals surface area contributed by atoms with Gasteiger partial charge in [-0.25, -0.2) is 4.79 Å². The molecule has 138 valence electrons. The molecule has 1 aliphatic carbocycles. The monoisotopic (exact) mass is 338 g/mol. The van der Waals surface area contributed by atoms with Crippen molar-refractivity contribution in [1.82, 2.24) is 0 Å². The quantitative estimate of drug-likeness (QED) is 0.413. The van der Waals surface area contributed by atoms with Crippen LogP contribution in [-0.4, -0.2) is 36.5 Å². The zero-order valence-corrected chi connectivity index (χ0v) is 15.2. The number of aliphatic hydroxyl groups is 1. The van der Waals surface area contributed by atoms with E-state index < -0.39 is 5.97 Å². The highest BCUT2D eigenvalue weighted by Gasteiger charge is 2.32. The summed E-state index contributed by atoms with van der Waals surface area (Å²) in [4.78, 5) is 11.7. The van der Waals surface area contributed by atoms with Crippen LogP contribution in [0.1, 0.15) is 71.1 Å². The molecule has 0 amide bonds. The first kappa shape index (κ1) is 19.5. The third kappa shape index (κ3) is 5.89. The zero-order chi connectivity index (χ0) is 17.4. The van der Waals surface area contributed by atoms with Crippen molar-refractivity contribution in [2.24, 2.45) is 11.8 Å². The second kappa shape index (κ2) is 10.2. The van der Waals surface area contributed by atoms with E-state index in [9.17, 15) is 4.79 Å². The van der Waals surface area contributed by atoms with E-state index in [-0.39, 0.29) is 18.3 Å². The Kier molecular flexibility index (Phi) is 8.26. The molecule has 2 unspecified atom stereocenters. The van der Waals surface area contributed by atoms with Gasteiger partial charge in [0.2, 0.25) is 0 Å². The minimum atomic E-state index is -0.454. The van der Waals surface area contributed by atoms with E-state index in [1.807, 2.05) is 0 Å². The van der Waals surface area contributed by atoms with Gasteiger partial charge in [0.15, 0.2) is 0 Å². The second-order valence-corrected chi connectivity index (χ2v) is 7.51. The van der Waals surface area contributed by atoms with Crippen LogP contribution in [0.25, 0.3) is 0 Å². The molecule has 1 aliphatic heterocycles. The van der Waals surface area contributed by atoms with Gasteiger partial charge in [0, 0.05) is 6.61 Å². The third-order valence-corrected chi connectivity index (χ3v) is 5.62. The van der Waals surface area contributed by atoms with E-state index >= 15 is 0 Å². The van der Waals surface area contributed by atoms with Gasteiger partial charge in [0.1, 0.15) is 6.10 Å². The van der Waals surface area contributed by atoms with Gasteiger partial charge < -0.3 is 14.6 Å². The minimum Gasteiger partial charge on any atom is -0.459 e. The molecule has 0 aromatic heterocycles. The summed E-state index contributed by atoms with van der Waals surface area (Å²) in [6.07, 6.45) is 12.1. The predicted molar refractivity (Wildman–Crippen MR) is 94.7 cm³/mol. The summed E-state index contributed by atoms with van der Waals surface area (Å²) in [5, 5.41) is 8.92. The Morgan fingerprint density at radius 1 is 1.17 bits per heavy atom. The summed E-state index contributed by atoms with van der Waals surface area (Å²) in [6.45, 7) is 6.37. The average Bonchev–Trinajstić information content (AvgIpc) is 2.62. The van der Waals surface area contributed by atoms with Crippen LogP contribution in [0, 0.1) is 11.8 Å². The van der Waals surface area contributed by atoms with Crippen molar-refractivity contribution in [3.05, 3.63) is 12.2 Å². The fraction of sp³-hybridized carbons (Fsp3) is 0.850. The van der Waals surface area contributed by atoms with Gasteiger partial charge in [0.25, 0.3) is 0 Å². The third-order valence-electron chi connectivity index (χ3n) is 5.62. The van der Waals surface area contributed by atoms with Crippen LogP contribution in [-0.2, 0) is 14.3 Å². The number of rotatable bonds is 8.